The molecule has 0 aliphatic carbocycles. The smallest absolute Gasteiger partial charge is 0.464 e. The number of carbonyl (C=O) groups is 2. The lowest BCUT2D eigenvalue weighted by Gasteiger charge is -2.17. The Labute approximate surface area is 93.3 Å². The number of nitrogens with one attached hydrogen (secondary N) is 1. The van der Waals surface area contributed by atoms with E-state index in [1.807, 2.05) is 0 Å². The highest BCUT2D eigenvalue weighted by Crippen LogP contribution is 2.24. The molecule has 0 saturated carbocycles. The number of rotatable bonds is 2. The average molecular weight is 251 g/mol. The molecule has 1 rings (SSSR count). The molecule has 0 fully saturated rings. The zero-order chi connectivity index (χ0) is 13.2. The Kier molecular flexibility index (Phi) is 3.39. The molecule has 0 aliphatic rings. The Morgan fingerprint density at radius 2 is 2.06 bits per heavy atom. The van der Waals surface area contributed by atoms with Gasteiger partial charge in [0, 0.05) is 7.05 Å². The quantitative estimate of drug-likeness (QED) is 0.786. The topological polar surface area (TPSA) is 75.3 Å². The first-order valence-corrected chi connectivity index (χ1v) is 4.25. The number of hydrogen-bond acceptors (Lipinski definition) is 4. The van der Waals surface area contributed by atoms with E-state index in [2.05, 4.69) is 14.9 Å². The lowest BCUT2D eigenvalue weighted by Crippen LogP contribution is -2.39. The SMILES string of the molecule is COC(=O)c1[nH]ncc1N(C)C(=O)C(F)(F)F. The number of H-pyrrole nitrogens is 1. The molecule has 1 aromatic rings. The number of ether oxygens (including phenoxy) is 1. The average Bonchev–Trinajstić information content (AvgIpc) is 2.73. The monoisotopic (exact) mass is 251 g/mol. The molecular weight excluding hydrogens is 243 g/mol. The van der Waals surface area contributed by atoms with E-state index in [0.717, 1.165) is 20.4 Å². The molecule has 0 bridgehead atoms. The van der Waals surface area contributed by atoms with Gasteiger partial charge < -0.3 is 9.64 Å². The number of carbonyl (C=O) groups excluding carboxylic acids is 2. The summed E-state index contributed by atoms with van der Waals surface area (Å²) in [6, 6.07) is 0. The lowest BCUT2D eigenvalue weighted by molar-refractivity contribution is -0.170. The number of alkyl halides is 3. The molecule has 94 valence electrons. The molecule has 1 N–H and O–H groups in total. The number of anilines is 1. The Balaban J connectivity index is 3.06. The maximum absolute atomic E-state index is 12.2. The molecule has 9 heteroatoms. The van der Waals surface area contributed by atoms with Crippen LogP contribution in [0.4, 0.5) is 18.9 Å². The van der Waals surface area contributed by atoms with Gasteiger partial charge in [-0.2, -0.15) is 18.3 Å². The Morgan fingerprint density at radius 3 is 2.53 bits per heavy atom. The maximum atomic E-state index is 12.2. The van der Waals surface area contributed by atoms with Crippen molar-refractivity contribution in [1.29, 1.82) is 0 Å². The van der Waals surface area contributed by atoms with Crippen LogP contribution >= 0.6 is 0 Å². The molecule has 0 aromatic carbocycles. The third kappa shape index (κ3) is 2.55. The first-order chi connectivity index (χ1) is 7.79. The van der Waals surface area contributed by atoms with Gasteiger partial charge in [0.05, 0.1) is 19.0 Å². The van der Waals surface area contributed by atoms with Crippen LogP contribution in [0.3, 0.4) is 0 Å². The van der Waals surface area contributed by atoms with Crippen molar-refractivity contribution >= 4 is 17.6 Å². The van der Waals surface area contributed by atoms with E-state index in [1.165, 1.54) is 0 Å². The molecule has 0 aliphatic heterocycles. The summed E-state index contributed by atoms with van der Waals surface area (Å²) in [6.45, 7) is 0. The van der Waals surface area contributed by atoms with Crippen LogP contribution in [0.2, 0.25) is 0 Å². The van der Waals surface area contributed by atoms with Gasteiger partial charge in [-0.15, -0.1) is 0 Å². The van der Waals surface area contributed by atoms with Gasteiger partial charge in [-0.3, -0.25) is 9.89 Å². The van der Waals surface area contributed by atoms with Gasteiger partial charge in [0.15, 0.2) is 5.69 Å². The Hall–Kier alpha value is -2.06. The van der Waals surface area contributed by atoms with Crippen molar-refractivity contribution in [2.24, 2.45) is 0 Å². The summed E-state index contributed by atoms with van der Waals surface area (Å²) in [5.74, 6) is -3.02. The minimum Gasteiger partial charge on any atom is -0.464 e. The summed E-state index contributed by atoms with van der Waals surface area (Å²) in [5, 5.41) is 5.55. The van der Waals surface area contributed by atoms with Gasteiger partial charge in [0.25, 0.3) is 0 Å². The third-order valence-corrected chi connectivity index (χ3v) is 1.92. The van der Waals surface area contributed by atoms with Crippen LogP contribution in [0.15, 0.2) is 6.20 Å². The normalized spacial score (nSPS) is 11.1. The zero-order valence-electron chi connectivity index (χ0n) is 8.83. The molecule has 0 atom stereocenters. The molecule has 0 radical (unpaired) electrons. The summed E-state index contributed by atoms with van der Waals surface area (Å²) < 4.78 is 40.8. The highest BCUT2D eigenvalue weighted by Gasteiger charge is 2.42. The second-order valence-electron chi connectivity index (χ2n) is 2.98. The van der Waals surface area contributed by atoms with Crippen molar-refractivity contribution in [3.63, 3.8) is 0 Å². The van der Waals surface area contributed by atoms with Crippen molar-refractivity contribution in [1.82, 2.24) is 10.2 Å². The molecule has 17 heavy (non-hydrogen) atoms. The lowest BCUT2D eigenvalue weighted by atomic mass is 10.3. The number of aromatic nitrogens is 2. The number of esters is 1. The van der Waals surface area contributed by atoms with Gasteiger partial charge in [-0.1, -0.05) is 0 Å². The van der Waals surface area contributed by atoms with E-state index >= 15 is 0 Å². The fourth-order valence-electron chi connectivity index (χ4n) is 1.09. The van der Waals surface area contributed by atoms with Crippen molar-refractivity contribution in [3.05, 3.63) is 11.9 Å². The standard InChI is InChI=1S/C8H8F3N3O3/c1-14(7(16)8(9,10)11)4-3-12-13-5(4)6(15)17-2/h3H,1-2H3,(H,12,13). The summed E-state index contributed by atoms with van der Waals surface area (Å²) in [7, 11) is 1.94. The van der Waals surface area contributed by atoms with Crippen LogP contribution in [0.1, 0.15) is 10.5 Å². The number of methoxy groups -OCH3 is 1. The van der Waals surface area contributed by atoms with Crippen LogP contribution in [0.25, 0.3) is 0 Å². The number of amides is 1. The van der Waals surface area contributed by atoms with Crippen molar-refractivity contribution < 1.29 is 27.5 Å². The van der Waals surface area contributed by atoms with Crippen LogP contribution in [-0.2, 0) is 9.53 Å². The first kappa shape index (κ1) is 13.0. The summed E-state index contributed by atoms with van der Waals surface area (Å²) in [4.78, 5) is 22.4. The first-order valence-electron chi connectivity index (χ1n) is 4.25. The summed E-state index contributed by atoms with van der Waals surface area (Å²) in [5.41, 5.74) is -0.633. The predicted molar refractivity (Wildman–Crippen MR) is 49.4 cm³/mol. The Morgan fingerprint density at radius 1 is 1.47 bits per heavy atom. The van der Waals surface area contributed by atoms with Crippen molar-refractivity contribution in [2.75, 3.05) is 19.1 Å². The molecular formula is C8H8F3N3O3. The van der Waals surface area contributed by atoms with E-state index in [1.54, 1.807) is 0 Å². The van der Waals surface area contributed by atoms with Gasteiger partial charge in [-0.25, -0.2) is 4.79 Å². The minimum atomic E-state index is -5.03. The highest BCUT2D eigenvalue weighted by molar-refractivity contribution is 6.02. The second kappa shape index (κ2) is 4.44. The molecule has 1 heterocycles. The minimum absolute atomic E-state index is 0.274. The summed E-state index contributed by atoms with van der Waals surface area (Å²) >= 11 is 0. The highest BCUT2D eigenvalue weighted by atomic mass is 19.4. The van der Waals surface area contributed by atoms with Crippen LogP contribution in [0, 0.1) is 0 Å². The number of aromatic amines is 1. The predicted octanol–water partition coefficient (Wildman–Crippen LogP) is 0.721. The van der Waals surface area contributed by atoms with Crippen molar-refractivity contribution in [3.8, 4) is 0 Å². The van der Waals surface area contributed by atoms with Gasteiger partial charge in [0.1, 0.15) is 0 Å². The number of nitrogens with zero attached hydrogens (tertiary/aromatic N) is 2. The van der Waals surface area contributed by atoms with E-state index in [4.69, 9.17) is 0 Å². The maximum Gasteiger partial charge on any atom is 0.471 e. The summed E-state index contributed by atoms with van der Waals surface area (Å²) in [6.07, 6.45) is -4.10. The van der Waals surface area contributed by atoms with Gasteiger partial charge >= 0.3 is 18.1 Å². The third-order valence-electron chi connectivity index (χ3n) is 1.92. The van der Waals surface area contributed by atoms with Gasteiger partial charge in [0.2, 0.25) is 0 Å². The number of halogens is 3. The number of hydrogen-bond donors (Lipinski definition) is 1. The largest absolute Gasteiger partial charge is 0.471 e. The van der Waals surface area contributed by atoms with E-state index < -0.39 is 18.1 Å². The molecule has 6 nitrogen and oxygen atoms in total. The van der Waals surface area contributed by atoms with E-state index in [-0.39, 0.29) is 16.3 Å². The van der Waals surface area contributed by atoms with Crippen molar-refractivity contribution in [2.45, 2.75) is 6.18 Å². The molecule has 0 unspecified atom stereocenters. The van der Waals surface area contributed by atoms with Crippen LogP contribution < -0.4 is 4.90 Å². The fourth-order valence-corrected chi connectivity index (χ4v) is 1.09. The molecule has 0 saturated heterocycles. The van der Waals surface area contributed by atoms with Gasteiger partial charge in [-0.05, 0) is 0 Å². The molecule has 1 aromatic heterocycles. The van der Waals surface area contributed by atoms with Crippen LogP contribution in [-0.4, -0.2) is 42.4 Å². The zero-order valence-corrected chi connectivity index (χ0v) is 8.83. The Bertz CT molecular complexity index is 441. The van der Waals surface area contributed by atoms with E-state index in [0.29, 0.717) is 0 Å². The second-order valence-corrected chi connectivity index (χ2v) is 2.98. The molecule has 1 amide bonds. The van der Waals surface area contributed by atoms with E-state index in [9.17, 15) is 22.8 Å². The van der Waals surface area contributed by atoms with Crippen LogP contribution in [0.5, 0.6) is 0 Å². The molecule has 0 spiro atoms. The fraction of sp³-hybridized carbons (Fsp3) is 0.375.